The van der Waals surface area contributed by atoms with Gasteiger partial charge in [-0.2, -0.15) is 0 Å². The Labute approximate surface area is 90.6 Å². The maximum Gasteiger partial charge on any atom is 0.181 e. The molecule has 0 spiro atoms. The number of carbonyl (C=O) groups is 1. The Morgan fingerprint density at radius 2 is 2.20 bits per heavy atom. The fourth-order valence-electron chi connectivity index (χ4n) is 1.30. The molecule has 1 aliphatic rings. The molecule has 0 bridgehead atoms. The molecule has 0 aromatic carbocycles. The molecule has 0 saturated carbocycles. The van der Waals surface area contributed by atoms with Crippen LogP contribution < -0.4 is 0 Å². The molecule has 0 aromatic heterocycles. The van der Waals surface area contributed by atoms with Crippen LogP contribution in [0, 0.1) is 5.41 Å². The first kappa shape index (κ1) is 12.6. The minimum atomic E-state index is -0.883. The summed E-state index contributed by atoms with van der Waals surface area (Å²) in [6.45, 7) is 6.17. The highest BCUT2D eigenvalue weighted by atomic mass is 16.6. The molecule has 0 amide bonds. The van der Waals surface area contributed by atoms with E-state index >= 15 is 0 Å². The van der Waals surface area contributed by atoms with Gasteiger partial charge in [-0.25, -0.2) is 0 Å². The van der Waals surface area contributed by atoms with Crippen molar-refractivity contribution in [3.8, 4) is 0 Å². The van der Waals surface area contributed by atoms with Gasteiger partial charge in [-0.05, 0) is 12.8 Å². The van der Waals surface area contributed by atoms with Gasteiger partial charge in [-0.3, -0.25) is 4.79 Å². The lowest BCUT2D eigenvalue weighted by molar-refractivity contribution is -0.202. The maximum atomic E-state index is 11.6. The van der Waals surface area contributed by atoms with Crippen LogP contribution in [0.1, 0.15) is 33.6 Å². The summed E-state index contributed by atoms with van der Waals surface area (Å²) in [6.07, 6.45) is 0.376. The van der Waals surface area contributed by atoms with Crippen molar-refractivity contribution in [2.75, 3.05) is 13.2 Å². The molecule has 15 heavy (non-hydrogen) atoms. The van der Waals surface area contributed by atoms with Gasteiger partial charge in [-0.1, -0.05) is 20.8 Å². The minimum Gasteiger partial charge on any atom is -0.366 e. The maximum absolute atomic E-state index is 11.6. The highest BCUT2D eigenvalue weighted by Crippen LogP contribution is 2.18. The van der Waals surface area contributed by atoms with Crippen LogP contribution in [0.4, 0.5) is 0 Å². The SMILES string of the molecule is CC(C)(C)C(=O)COC1CCCOC1O. The van der Waals surface area contributed by atoms with Crippen molar-refractivity contribution < 1.29 is 19.4 Å². The van der Waals surface area contributed by atoms with Crippen molar-refractivity contribution in [2.45, 2.75) is 46.0 Å². The van der Waals surface area contributed by atoms with Gasteiger partial charge in [0.25, 0.3) is 0 Å². The van der Waals surface area contributed by atoms with Crippen molar-refractivity contribution in [3.05, 3.63) is 0 Å². The molecular weight excluding hydrogens is 196 g/mol. The molecule has 0 aliphatic carbocycles. The Morgan fingerprint density at radius 3 is 2.73 bits per heavy atom. The second-order valence-corrected chi connectivity index (χ2v) is 4.93. The average Bonchev–Trinajstić information content (AvgIpc) is 2.14. The number of hydrogen-bond acceptors (Lipinski definition) is 4. The van der Waals surface area contributed by atoms with Crippen LogP contribution in [0.3, 0.4) is 0 Å². The fourth-order valence-corrected chi connectivity index (χ4v) is 1.30. The van der Waals surface area contributed by atoms with Crippen molar-refractivity contribution in [1.29, 1.82) is 0 Å². The van der Waals surface area contributed by atoms with Crippen LogP contribution in [-0.4, -0.2) is 36.5 Å². The summed E-state index contributed by atoms with van der Waals surface area (Å²) < 4.78 is 10.4. The van der Waals surface area contributed by atoms with Crippen molar-refractivity contribution in [1.82, 2.24) is 0 Å². The quantitative estimate of drug-likeness (QED) is 0.768. The first-order valence-corrected chi connectivity index (χ1v) is 5.36. The Morgan fingerprint density at radius 1 is 1.53 bits per heavy atom. The zero-order chi connectivity index (χ0) is 11.5. The van der Waals surface area contributed by atoms with Crippen molar-refractivity contribution in [3.63, 3.8) is 0 Å². The predicted octanol–water partition coefficient (Wildman–Crippen LogP) is 1.12. The first-order chi connectivity index (χ1) is 6.91. The van der Waals surface area contributed by atoms with E-state index in [-0.39, 0.29) is 23.9 Å². The van der Waals surface area contributed by atoms with Crippen molar-refractivity contribution in [2.24, 2.45) is 5.41 Å². The number of ether oxygens (including phenoxy) is 2. The molecule has 2 atom stereocenters. The van der Waals surface area contributed by atoms with Gasteiger partial charge in [0, 0.05) is 12.0 Å². The highest BCUT2D eigenvalue weighted by Gasteiger charge is 2.27. The lowest BCUT2D eigenvalue weighted by Crippen LogP contribution is -2.38. The summed E-state index contributed by atoms with van der Waals surface area (Å²) in [7, 11) is 0. The van der Waals surface area contributed by atoms with E-state index < -0.39 is 6.29 Å². The molecule has 1 rings (SSSR count). The van der Waals surface area contributed by atoms with E-state index in [2.05, 4.69) is 0 Å². The molecule has 1 saturated heterocycles. The summed E-state index contributed by atoms with van der Waals surface area (Å²) in [6, 6.07) is 0. The average molecular weight is 216 g/mol. The van der Waals surface area contributed by atoms with E-state index in [1.165, 1.54) is 0 Å². The van der Waals surface area contributed by atoms with Gasteiger partial charge in [0.15, 0.2) is 12.1 Å². The molecule has 1 heterocycles. The van der Waals surface area contributed by atoms with E-state index in [1.54, 1.807) is 0 Å². The molecule has 1 aliphatic heterocycles. The number of ketones is 1. The lowest BCUT2D eigenvalue weighted by atomic mass is 9.91. The molecule has 0 radical (unpaired) electrons. The second-order valence-electron chi connectivity index (χ2n) is 4.93. The number of aliphatic hydroxyl groups is 1. The van der Waals surface area contributed by atoms with Crippen molar-refractivity contribution >= 4 is 5.78 Å². The number of aliphatic hydroxyl groups excluding tert-OH is 1. The third-order valence-electron chi connectivity index (χ3n) is 2.50. The largest absolute Gasteiger partial charge is 0.366 e. The standard InChI is InChI=1S/C11H20O4/c1-11(2,3)9(12)7-15-8-5-4-6-14-10(8)13/h8,10,13H,4-7H2,1-3H3. The summed E-state index contributed by atoms with van der Waals surface area (Å²) in [4.78, 5) is 11.6. The topological polar surface area (TPSA) is 55.8 Å². The Kier molecular flexibility index (Phi) is 4.25. The second kappa shape index (κ2) is 5.05. The smallest absolute Gasteiger partial charge is 0.181 e. The number of hydrogen-bond donors (Lipinski definition) is 1. The summed E-state index contributed by atoms with van der Waals surface area (Å²) in [5.41, 5.74) is -0.388. The van der Waals surface area contributed by atoms with Crippen LogP contribution >= 0.6 is 0 Å². The van der Waals surface area contributed by atoms with Crippen LogP contribution in [0.2, 0.25) is 0 Å². The Hall–Kier alpha value is -0.450. The molecular formula is C11H20O4. The third kappa shape index (κ3) is 3.89. The normalized spacial score (nSPS) is 27.7. The number of Topliss-reactive ketones (excluding diaryl/α,β-unsaturated/α-hetero) is 1. The van der Waals surface area contributed by atoms with Gasteiger partial charge >= 0.3 is 0 Å². The Bertz CT molecular complexity index is 219. The monoisotopic (exact) mass is 216 g/mol. The number of carbonyl (C=O) groups excluding carboxylic acids is 1. The van der Waals surface area contributed by atoms with E-state index in [1.807, 2.05) is 20.8 Å². The minimum absolute atomic E-state index is 0.0419. The lowest BCUT2D eigenvalue weighted by Gasteiger charge is -2.28. The molecule has 4 nitrogen and oxygen atoms in total. The van der Waals surface area contributed by atoms with Crippen LogP contribution in [0.15, 0.2) is 0 Å². The van der Waals surface area contributed by atoms with E-state index in [4.69, 9.17) is 9.47 Å². The van der Waals surface area contributed by atoms with E-state index in [0.29, 0.717) is 6.61 Å². The van der Waals surface area contributed by atoms with Gasteiger partial charge < -0.3 is 14.6 Å². The highest BCUT2D eigenvalue weighted by molar-refractivity contribution is 5.84. The predicted molar refractivity (Wildman–Crippen MR) is 55.4 cm³/mol. The van der Waals surface area contributed by atoms with E-state index in [0.717, 1.165) is 12.8 Å². The summed E-state index contributed by atoms with van der Waals surface area (Å²) in [5, 5.41) is 9.43. The molecule has 2 unspecified atom stereocenters. The summed E-state index contributed by atoms with van der Waals surface area (Å²) in [5.74, 6) is 0.0419. The molecule has 1 fully saturated rings. The third-order valence-corrected chi connectivity index (χ3v) is 2.50. The number of rotatable bonds is 3. The molecule has 1 N–H and O–H groups in total. The van der Waals surface area contributed by atoms with Crippen LogP contribution in [-0.2, 0) is 14.3 Å². The van der Waals surface area contributed by atoms with Crippen LogP contribution in [0.5, 0.6) is 0 Å². The Balaban J connectivity index is 2.33. The van der Waals surface area contributed by atoms with Gasteiger partial charge in [0.1, 0.15) is 12.7 Å². The fraction of sp³-hybridized carbons (Fsp3) is 0.909. The van der Waals surface area contributed by atoms with Crippen LogP contribution in [0.25, 0.3) is 0 Å². The zero-order valence-corrected chi connectivity index (χ0v) is 9.66. The van der Waals surface area contributed by atoms with Gasteiger partial charge in [0.05, 0.1) is 0 Å². The van der Waals surface area contributed by atoms with E-state index in [9.17, 15) is 9.90 Å². The first-order valence-electron chi connectivity index (χ1n) is 5.36. The molecule has 4 heteroatoms. The molecule has 0 aromatic rings. The zero-order valence-electron chi connectivity index (χ0n) is 9.66. The van der Waals surface area contributed by atoms with Gasteiger partial charge in [0.2, 0.25) is 0 Å². The summed E-state index contributed by atoms with van der Waals surface area (Å²) >= 11 is 0. The van der Waals surface area contributed by atoms with Gasteiger partial charge in [-0.15, -0.1) is 0 Å². The molecule has 88 valence electrons.